The fourth-order valence-corrected chi connectivity index (χ4v) is 3.16. The molecule has 5 nitrogen and oxygen atoms in total. The molecule has 0 saturated heterocycles. The standard InChI is InChI=1S/C20H21N3O2/c1-12-4-6-13(7-5-12)11-21-20-16-8-14-9-17(24-2)18(25-3)10-15(14)19(16)22-23-20/h4-10,21-23H,11H2,1-3H3. The van der Waals surface area contributed by atoms with E-state index in [-0.39, 0.29) is 0 Å². The summed E-state index contributed by atoms with van der Waals surface area (Å²) < 4.78 is 10.8. The molecule has 0 bridgehead atoms. The molecule has 25 heavy (non-hydrogen) atoms. The maximum atomic E-state index is 5.42. The lowest BCUT2D eigenvalue weighted by molar-refractivity contribution is 0.356. The van der Waals surface area contributed by atoms with E-state index < -0.39 is 0 Å². The molecule has 3 N–H and O–H groups in total. The number of nitrogens with one attached hydrogen (secondary N) is 3. The molecule has 0 radical (unpaired) electrons. The van der Waals surface area contributed by atoms with Crippen molar-refractivity contribution in [3.8, 4) is 22.8 Å². The topological polar surface area (TPSA) is 62.1 Å². The van der Waals surface area contributed by atoms with Gasteiger partial charge in [-0.05, 0) is 36.1 Å². The fourth-order valence-electron chi connectivity index (χ4n) is 3.16. The lowest BCUT2D eigenvalue weighted by atomic mass is 10.1. The van der Waals surface area contributed by atoms with Gasteiger partial charge < -0.3 is 14.8 Å². The highest BCUT2D eigenvalue weighted by atomic mass is 16.5. The van der Waals surface area contributed by atoms with E-state index in [0.717, 1.165) is 45.9 Å². The third-order valence-electron chi connectivity index (χ3n) is 4.57. The van der Waals surface area contributed by atoms with Crippen molar-refractivity contribution >= 4 is 16.6 Å². The van der Waals surface area contributed by atoms with Gasteiger partial charge in [0.1, 0.15) is 5.82 Å². The summed E-state index contributed by atoms with van der Waals surface area (Å²) in [5.41, 5.74) is 4.69. The molecule has 1 aliphatic carbocycles. The smallest absolute Gasteiger partial charge is 0.161 e. The van der Waals surface area contributed by atoms with Crippen LogP contribution in [0.3, 0.4) is 0 Å². The van der Waals surface area contributed by atoms with Crippen LogP contribution in [0.15, 0.2) is 42.5 Å². The molecule has 0 atom stereocenters. The van der Waals surface area contributed by atoms with Gasteiger partial charge in [0.15, 0.2) is 11.5 Å². The number of anilines is 1. The number of aromatic amines is 2. The molecule has 1 aliphatic heterocycles. The largest absolute Gasteiger partial charge is 0.493 e. The first-order chi connectivity index (χ1) is 12.2. The molecule has 0 saturated carbocycles. The van der Waals surface area contributed by atoms with Crippen LogP contribution in [-0.2, 0) is 6.54 Å². The first-order valence-electron chi connectivity index (χ1n) is 8.24. The molecule has 0 spiro atoms. The van der Waals surface area contributed by atoms with Gasteiger partial charge in [-0.25, -0.2) is 0 Å². The molecule has 128 valence electrons. The maximum Gasteiger partial charge on any atom is 0.161 e. The van der Waals surface area contributed by atoms with Crippen molar-refractivity contribution in [2.24, 2.45) is 0 Å². The van der Waals surface area contributed by atoms with E-state index in [2.05, 4.69) is 52.8 Å². The van der Waals surface area contributed by atoms with Gasteiger partial charge in [0.2, 0.25) is 0 Å². The highest BCUT2D eigenvalue weighted by molar-refractivity contribution is 6.05. The van der Waals surface area contributed by atoms with Crippen molar-refractivity contribution in [2.75, 3.05) is 19.5 Å². The van der Waals surface area contributed by atoms with Crippen LogP contribution in [0.4, 0.5) is 5.82 Å². The van der Waals surface area contributed by atoms with E-state index in [1.165, 1.54) is 11.1 Å². The maximum absolute atomic E-state index is 5.42. The van der Waals surface area contributed by atoms with Gasteiger partial charge >= 0.3 is 0 Å². The van der Waals surface area contributed by atoms with Gasteiger partial charge in [-0.1, -0.05) is 29.8 Å². The monoisotopic (exact) mass is 335 g/mol. The Morgan fingerprint density at radius 2 is 1.64 bits per heavy atom. The lowest BCUT2D eigenvalue weighted by Crippen LogP contribution is -2.00. The Bertz CT molecular complexity index is 982. The normalized spacial score (nSPS) is 11.2. The number of benzene rings is 2. The van der Waals surface area contributed by atoms with E-state index in [0.29, 0.717) is 0 Å². The van der Waals surface area contributed by atoms with Crippen LogP contribution < -0.4 is 14.8 Å². The summed E-state index contributed by atoms with van der Waals surface area (Å²) in [6.07, 6.45) is 0. The average molecular weight is 335 g/mol. The first-order valence-corrected chi connectivity index (χ1v) is 8.24. The predicted octanol–water partition coefficient (Wildman–Crippen LogP) is 4.54. The summed E-state index contributed by atoms with van der Waals surface area (Å²) in [5, 5.41) is 12.2. The molecule has 2 aliphatic rings. The Hall–Kier alpha value is -3.08. The summed E-state index contributed by atoms with van der Waals surface area (Å²) in [6, 6.07) is 14.7. The van der Waals surface area contributed by atoms with E-state index in [1.807, 2.05) is 12.1 Å². The number of aromatic nitrogens is 2. The van der Waals surface area contributed by atoms with E-state index >= 15 is 0 Å². The van der Waals surface area contributed by atoms with E-state index in [4.69, 9.17) is 9.47 Å². The predicted molar refractivity (Wildman–Crippen MR) is 101 cm³/mol. The van der Waals surface area contributed by atoms with Crippen LogP contribution >= 0.6 is 0 Å². The molecular formula is C20H21N3O2. The molecule has 0 amide bonds. The zero-order valence-electron chi connectivity index (χ0n) is 14.6. The second kappa shape index (κ2) is 6.09. The van der Waals surface area contributed by atoms with Crippen LogP contribution in [0.25, 0.3) is 22.0 Å². The first kappa shape index (κ1) is 15.4. The molecular weight excluding hydrogens is 314 g/mol. The number of aryl methyl sites for hydroxylation is 1. The fraction of sp³-hybridized carbons (Fsp3) is 0.200. The molecule has 5 heteroatoms. The van der Waals surface area contributed by atoms with Gasteiger partial charge in [-0.15, -0.1) is 0 Å². The third kappa shape index (κ3) is 2.67. The highest BCUT2D eigenvalue weighted by Gasteiger charge is 2.19. The van der Waals surface area contributed by atoms with Crippen molar-refractivity contribution in [1.29, 1.82) is 0 Å². The molecule has 0 aromatic heterocycles. The van der Waals surface area contributed by atoms with Crippen LogP contribution in [-0.4, -0.2) is 24.4 Å². The van der Waals surface area contributed by atoms with Crippen molar-refractivity contribution in [3.05, 3.63) is 53.6 Å². The van der Waals surface area contributed by atoms with Gasteiger partial charge in [0.25, 0.3) is 0 Å². The third-order valence-corrected chi connectivity index (χ3v) is 4.57. The average Bonchev–Trinajstić information content (AvgIpc) is 3.19. The molecule has 2 aromatic carbocycles. The Morgan fingerprint density at radius 3 is 2.36 bits per heavy atom. The van der Waals surface area contributed by atoms with Crippen LogP contribution in [0.5, 0.6) is 11.5 Å². The van der Waals surface area contributed by atoms with E-state index in [1.54, 1.807) is 14.2 Å². The number of H-pyrrole nitrogens is 2. The van der Waals surface area contributed by atoms with Crippen LogP contribution in [0.1, 0.15) is 11.1 Å². The second-order valence-corrected chi connectivity index (χ2v) is 6.19. The number of hydrogen-bond donors (Lipinski definition) is 3. The quantitative estimate of drug-likeness (QED) is 0.502. The Balaban J connectivity index is 1.66. The van der Waals surface area contributed by atoms with Crippen molar-refractivity contribution in [2.45, 2.75) is 13.5 Å². The van der Waals surface area contributed by atoms with Gasteiger partial charge in [-0.2, -0.15) is 0 Å². The summed E-state index contributed by atoms with van der Waals surface area (Å²) in [4.78, 5) is 0. The minimum absolute atomic E-state index is 0.728. The number of ether oxygens (including phenoxy) is 2. The van der Waals surface area contributed by atoms with Gasteiger partial charge in [-0.3, -0.25) is 10.2 Å². The number of methoxy groups -OCH3 is 2. The van der Waals surface area contributed by atoms with Crippen molar-refractivity contribution < 1.29 is 9.47 Å². The zero-order chi connectivity index (χ0) is 17.4. The Morgan fingerprint density at radius 1 is 0.920 bits per heavy atom. The molecule has 2 aromatic rings. The van der Waals surface area contributed by atoms with Crippen LogP contribution in [0.2, 0.25) is 0 Å². The highest BCUT2D eigenvalue weighted by Crippen LogP contribution is 2.42. The molecule has 0 unspecified atom stereocenters. The number of fused-ring (bicyclic) bond motifs is 3. The van der Waals surface area contributed by atoms with Gasteiger partial charge in [0.05, 0.1) is 19.9 Å². The molecule has 4 rings (SSSR count). The summed E-state index contributed by atoms with van der Waals surface area (Å²) in [7, 11) is 3.31. The summed E-state index contributed by atoms with van der Waals surface area (Å²) in [5.74, 6) is 2.44. The number of rotatable bonds is 5. The lowest BCUT2D eigenvalue weighted by Gasteiger charge is -2.07. The summed E-state index contributed by atoms with van der Waals surface area (Å²) in [6.45, 7) is 2.86. The SMILES string of the molecule is COc1cc2cc3c(NCc4ccc(C)cc4)[nH][nH]c-3c2cc1OC. The Kier molecular flexibility index (Phi) is 3.76. The van der Waals surface area contributed by atoms with Crippen LogP contribution in [0, 0.1) is 6.92 Å². The van der Waals surface area contributed by atoms with Gasteiger partial charge in [0, 0.05) is 17.5 Å². The minimum Gasteiger partial charge on any atom is -0.493 e. The number of hydrogen-bond acceptors (Lipinski definition) is 3. The molecule has 1 heterocycles. The second-order valence-electron chi connectivity index (χ2n) is 6.19. The Labute approximate surface area is 146 Å². The van der Waals surface area contributed by atoms with Crippen molar-refractivity contribution in [1.82, 2.24) is 10.2 Å². The van der Waals surface area contributed by atoms with E-state index in [9.17, 15) is 0 Å². The molecule has 0 fully saturated rings. The minimum atomic E-state index is 0.728. The zero-order valence-corrected chi connectivity index (χ0v) is 14.6. The van der Waals surface area contributed by atoms with Crippen molar-refractivity contribution in [3.63, 3.8) is 0 Å². The summed E-state index contributed by atoms with van der Waals surface area (Å²) >= 11 is 0.